The molecule has 1 aliphatic rings. The zero-order valence-electron chi connectivity index (χ0n) is 12.5. The van der Waals surface area contributed by atoms with Gasteiger partial charge < -0.3 is 9.47 Å². The minimum Gasteiger partial charge on any atom is -0.350 e. The summed E-state index contributed by atoms with van der Waals surface area (Å²) in [5.74, 6) is 0. The zero-order chi connectivity index (χ0) is 14.7. The van der Waals surface area contributed by atoms with Gasteiger partial charge in [-0.25, -0.2) is 4.98 Å². The summed E-state index contributed by atoms with van der Waals surface area (Å²) >= 11 is 1.73. The lowest BCUT2D eigenvalue weighted by atomic mass is 9.79. The highest BCUT2D eigenvalue weighted by atomic mass is 32.1. The standard InChI is InChI=1S/C17H21NO2S/c1-19-15(20-2)14-12-21-16(18-14)17(10-6-7-11-17)13-8-4-3-5-9-13/h3-5,8-9,12,15H,6-7,10-11H2,1-2H3. The monoisotopic (exact) mass is 303 g/mol. The summed E-state index contributed by atoms with van der Waals surface area (Å²) in [6.45, 7) is 0. The third kappa shape index (κ3) is 2.63. The van der Waals surface area contributed by atoms with Gasteiger partial charge in [-0.3, -0.25) is 0 Å². The van der Waals surface area contributed by atoms with Crippen LogP contribution in [0.15, 0.2) is 35.7 Å². The SMILES string of the molecule is COC(OC)c1csc(C2(c3ccccc3)CCCC2)n1. The van der Waals surface area contributed by atoms with Crippen LogP contribution in [0.4, 0.5) is 0 Å². The maximum Gasteiger partial charge on any atom is 0.201 e. The topological polar surface area (TPSA) is 31.4 Å². The maximum absolute atomic E-state index is 5.32. The lowest BCUT2D eigenvalue weighted by molar-refractivity contribution is -0.108. The predicted molar refractivity (Wildman–Crippen MR) is 84.6 cm³/mol. The third-order valence-corrected chi connectivity index (χ3v) is 5.45. The fourth-order valence-corrected chi connectivity index (χ4v) is 4.42. The van der Waals surface area contributed by atoms with Gasteiger partial charge in [-0.2, -0.15) is 0 Å². The Kier molecular flexibility index (Phi) is 4.38. The molecule has 3 rings (SSSR count). The van der Waals surface area contributed by atoms with Crippen LogP contribution in [0, 0.1) is 0 Å². The Bertz CT molecular complexity index is 571. The molecule has 0 radical (unpaired) electrons. The normalized spacial score (nSPS) is 17.5. The first-order valence-electron chi connectivity index (χ1n) is 7.37. The van der Waals surface area contributed by atoms with Crippen molar-refractivity contribution in [2.75, 3.05) is 14.2 Å². The highest BCUT2D eigenvalue weighted by Crippen LogP contribution is 2.47. The largest absolute Gasteiger partial charge is 0.350 e. The van der Waals surface area contributed by atoms with E-state index < -0.39 is 0 Å². The van der Waals surface area contributed by atoms with Crippen molar-refractivity contribution in [3.05, 3.63) is 52.0 Å². The molecule has 1 saturated carbocycles. The first-order chi connectivity index (χ1) is 10.3. The van der Waals surface area contributed by atoms with E-state index in [-0.39, 0.29) is 11.7 Å². The summed E-state index contributed by atoms with van der Waals surface area (Å²) in [7, 11) is 3.30. The maximum atomic E-state index is 5.32. The van der Waals surface area contributed by atoms with Crippen molar-refractivity contribution >= 4 is 11.3 Å². The van der Waals surface area contributed by atoms with Crippen molar-refractivity contribution in [2.45, 2.75) is 37.4 Å². The Hall–Kier alpha value is -1.23. The van der Waals surface area contributed by atoms with Crippen molar-refractivity contribution < 1.29 is 9.47 Å². The molecule has 21 heavy (non-hydrogen) atoms. The minimum atomic E-state index is -0.371. The fourth-order valence-electron chi connectivity index (χ4n) is 3.31. The Morgan fingerprint density at radius 1 is 1.10 bits per heavy atom. The molecule has 1 fully saturated rings. The quantitative estimate of drug-likeness (QED) is 0.772. The molecule has 3 nitrogen and oxygen atoms in total. The van der Waals surface area contributed by atoms with Crippen LogP contribution in [-0.2, 0) is 14.9 Å². The van der Waals surface area contributed by atoms with E-state index in [0.717, 1.165) is 5.69 Å². The Morgan fingerprint density at radius 2 is 1.76 bits per heavy atom. The molecule has 0 N–H and O–H groups in total. The van der Waals surface area contributed by atoms with Crippen molar-refractivity contribution in [3.8, 4) is 0 Å². The lowest BCUT2D eigenvalue weighted by Crippen LogP contribution is -2.23. The van der Waals surface area contributed by atoms with E-state index >= 15 is 0 Å². The number of rotatable bonds is 5. The second kappa shape index (κ2) is 6.26. The second-order valence-electron chi connectivity index (χ2n) is 5.54. The van der Waals surface area contributed by atoms with Crippen molar-refractivity contribution in [2.24, 2.45) is 0 Å². The molecule has 112 valence electrons. The summed E-state index contributed by atoms with van der Waals surface area (Å²) in [6.07, 6.45) is 4.51. The van der Waals surface area contributed by atoms with Gasteiger partial charge >= 0.3 is 0 Å². The van der Waals surface area contributed by atoms with Gasteiger partial charge in [0.15, 0.2) is 0 Å². The van der Waals surface area contributed by atoms with Gasteiger partial charge in [0.05, 0.1) is 0 Å². The molecule has 2 aromatic rings. The van der Waals surface area contributed by atoms with Gasteiger partial charge in [0.25, 0.3) is 0 Å². The van der Waals surface area contributed by atoms with E-state index in [9.17, 15) is 0 Å². The number of ether oxygens (including phenoxy) is 2. The average Bonchev–Trinajstić information content (AvgIpc) is 3.19. The molecule has 1 aromatic carbocycles. The molecule has 1 heterocycles. The molecular formula is C17H21NO2S. The van der Waals surface area contributed by atoms with Gasteiger partial charge in [-0.15, -0.1) is 11.3 Å². The Balaban J connectivity index is 1.99. The molecule has 1 aromatic heterocycles. The van der Waals surface area contributed by atoms with E-state index in [1.807, 2.05) is 0 Å². The van der Waals surface area contributed by atoms with Crippen LogP contribution in [0.2, 0.25) is 0 Å². The zero-order valence-corrected chi connectivity index (χ0v) is 13.4. The molecule has 0 unspecified atom stereocenters. The molecule has 4 heteroatoms. The summed E-state index contributed by atoms with van der Waals surface area (Å²) in [4.78, 5) is 4.85. The number of thiazole rings is 1. The number of aromatic nitrogens is 1. The number of benzene rings is 1. The molecule has 0 saturated heterocycles. The van der Waals surface area contributed by atoms with E-state index in [1.54, 1.807) is 25.6 Å². The van der Waals surface area contributed by atoms with Gasteiger partial charge in [-0.1, -0.05) is 43.2 Å². The molecule has 0 atom stereocenters. The number of methoxy groups -OCH3 is 2. The minimum absolute atomic E-state index is 0.0796. The van der Waals surface area contributed by atoms with Crippen LogP contribution in [-0.4, -0.2) is 19.2 Å². The number of hydrogen-bond donors (Lipinski definition) is 0. The van der Waals surface area contributed by atoms with Crippen LogP contribution >= 0.6 is 11.3 Å². The Labute approximate surface area is 129 Å². The van der Waals surface area contributed by atoms with Gasteiger partial charge in [-0.05, 0) is 18.4 Å². The van der Waals surface area contributed by atoms with Gasteiger partial charge in [0.2, 0.25) is 6.29 Å². The molecule has 0 aliphatic heterocycles. The van der Waals surface area contributed by atoms with E-state index in [4.69, 9.17) is 14.5 Å². The summed E-state index contributed by atoms with van der Waals surface area (Å²) in [5, 5.41) is 3.26. The first kappa shape index (κ1) is 14.7. The third-order valence-electron chi connectivity index (χ3n) is 4.38. The predicted octanol–water partition coefficient (Wildman–Crippen LogP) is 4.29. The fraction of sp³-hybridized carbons (Fsp3) is 0.471. The van der Waals surface area contributed by atoms with Crippen LogP contribution in [0.5, 0.6) is 0 Å². The number of hydrogen-bond acceptors (Lipinski definition) is 4. The summed E-state index contributed by atoms with van der Waals surface area (Å²) in [6, 6.07) is 10.8. The van der Waals surface area contributed by atoms with E-state index in [1.165, 1.54) is 36.3 Å². The van der Waals surface area contributed by atoms with Crippen molar-refractivity contribution in [1.82, 2.24) is 4.98 Å². The van der Waals surface area contributed by atoms with Crippen molar-refractivity contribution in [3.63, 3.8) is 0 Å². The second-order valence-corrected chi connectivity index (χ2v) is 6.39. The highest BCUT2D eigenvalue weighted by molar-refractivity contribution is 7.09. The first-order valence-corrected chi connectivity index (χ1v) is 8.25. The molecule has 0 spiro atoms. The summed E-state index contributed by atoms with van der Waals surface area (Å²) < 4.78 is 10.6. The molecular weight excluding hydrogens is 282 g/mol. The van der Waals surface area contributed by atoms with Crippen LogP contribution in [0.3, 0.4) is 0 Å². The smallest absolute Gasteiger partial charge is 0.201 e. The van der Waals surface area contributed by atoms with Gasteiger partial charge in [0.1, 0.15) is 10.7 Å². The average molecular weight is 303 g/mol. The Morgan fingerprint density at radius 3 is 2.38 bits per heavy atom. The van der Waals surface area contributed by atoms with Gasteiger partial charge in [0, 0.05) is 25.0 Å². The molecule has 1 aliphatic carbocycles. The lowest BCUT2D eigenvalue weighted by Gasteiger charge is -2.27. The molecule has 0 amide bonds. The van der Waals surface area contributed by atoms with Crippen LogP contribution < -0.4 is 0 Å². The van der Waals surface area contributed by atoms with Crippen molar-refractivity contribution in [1.29, 1.82) is 0 Å². The van der Waals surface area contributed by atoms with Crippen LogP contribution in [0.1, 0.15) is 48.2 Å². The number of nitrogens with zero attached hydrogens (tertiary/aromatic N) is 1. The van der Waals surface area contributed by atoms with E-state index in [0.29, 0.717) is 0 Å². The highest BCUT2D eigenvalue weighted by Gasteiger charge is 2.40. The van der Waals surface area contributed by atoms with Crippen LogP contribution in [0.25, 0.3) is 0 Å². The van der Waals surface area contributed by atoms with E-state index in [2.05, 4.69) is 35.7 Å². The molecule has 0 bridgehead atoms. The summed E-state index contributed by atoms with van der Waals surface area (Å²) in [5.41, 5.74) is 2.34.